The molecule has 4 nitrogen and oxygen atoms in total. The van der Waals surface area contributed by atoms with Crippen LogP contribution in [0.15, 0.2) is 6.20 Å². The summed E-state index contributed by atoms with van der Waals surface area (Å²) in [5.41, 5.74) is -1.49. The number of alkyl halides is 2. The van der Waals surface area contributed by atoms with Gasteiger partial charge in [0.2, 0.25) is 0 Å². The zero-order chi connectivity index (χ0) is 11.4. The topological polar surface area (TPSA) is 63.0 Å². The van der Waals surface area contributed by atoms with Crippen LogP contribution < -0.4 is 4.74 Å². The standard InChI is InChI=1S/C9H6F2N2O2/c1-15-7-3-13-6(2-12)8(9(10)11)5(7)4-14/h3-4,9H,1H3. The molecule has 1 aromatic heterocycles. The van der Waals surface area contributed by atoms with E-state index in [4.69, 9.17) is 10.00 Å². The zero-order valence-electron chi connectivity index (χ0n) is 7.70. The number of pyridine rings is 1. The highest BCUT2D eigenvalue weighted by Crippen LogP contribution is 2.29. The number of hydrogen-bond donors (Lipinski definition) is 0. The van der Waals surface area contributed by atoms with Gasteiger partial charge in [-0.15, -0.1) is 0 Å². The SMILES string of the molecule is COc1cnc(C#N)c(C(F)F)c1C=O. The summed E-state index contributed by atoms with van der Waals surface area (Å²) in [6, 6.07) is 1.50. The van der Waals surface area contributed by atoms with Crippen LogP contribution in [0.4, 0.5) is 8.78 Å². The van der Waals surface area contributed by atoms with Crippen LogP contribution >= 0.6 is 0 Å². The molecule has 0 fully saturated rings. The van der Waals surface area contributed by atoms with E-state index in [9.17, 15) is 13.6 Å². The minimum atomic E-state index is -2.94. The number of nitriles is 1. The van der Waals surface area contributed by atoms with E-state index in [1.165, 1.54) is 13.2 Å². The van der Waals surface area contributed by atoms with Crippen molar-refractivity contribution in [1.29, 1.82) is 5.26 Å². The van der Waals surface area contributed by atoms with Crippen molar-refractivity contribution in [3.8, 4) is 11.8 Å². The lowest BCUT2D eigenvalue weighted by Crippen LogP contribution is -2.03. The number of aldehydes is 1. The predicted octanol–water partition coefficient (Wildman–Crippen LogP) is 1.71. The number of ether oxygens (including phenoxy) is 1. The second kappa shape index (κ2) is 4.46. The number of halogens is 2. The molecule has 0 bridgehead atoms. The average molecular weight is 212 g/mol. The van der Waals surface area contributed by atoms with Gasteiger partial charge in [0.15, 0.2) is 6.29 Å². The quantitative estimate of drug-likeness (QED) is 0.715. The van der Waals surface area contributed by atoms with E-state index in [2.05, 4.69) is 4.98 Å². The summed E-state index contributed by atoms with van der Waals surface area (Å²) in [6.45, 7) is 0. The molecule has 1 heterocycles. The molecule has 1 rings (SSSR count). The number of aromatic nitrogens is 1. The van der Waals surface area contributed by atoms with Gasteiger partial charge in [-0.3, -0.25) is 4.79 Å². The van der Waals surface area contributed by atoms with E-state index in [1.54, 1.807) is 0 Å². The molecule has 0 saturated carbocycles. The molecule has 0 radical (unpaired) electrons. The first-order valence-corrected chi connectivity index (χ1v) is 3.86. The predicted molar refractivity (Wildman–Crippen MR) is 45.8 cm³/mol. The van der Waals surface area contributed by atoms with Crippen molar-refractivity contribution in [2.24, 2.45) is 0 Å². The van der Waals surface area contributed by atoms with Crippen LogP contribution in [-0.4, -0.2) is 18.4 Å². The molecule has 6 heteroatoms. The second-order valence-electron chi connectivity index (χ2n) is 2.53. The second-order valence-corrected chi connectivity index (χ2v) is 2.53. The third-order valence-corrected chi connectivity index (χ3v) is 1.78. The molecule has 1 aromatic rings. The fourth-order valence-corrected chi connectivity index (χ4v) is 1.12. The summed E-state index contributed by atoms with van der Waals surface area (Å²) in [4.78, 5) is 14.1. The highest BCUT2D eigenvalue weighted by atomic mass is 19.3. The van der Waals surface area contributed by atoms with Crippen molar-refractivity contribution in [2.45, 2.75) is 6.43 Å². The van der Waals surface area contributed by atoms with Crippen LogP contribution in [0.25, 0.3) is 0 Å². The Morgan fingerprint density at radius 3 is 2.73 bits per heavy atom. The molecule has 0 aliphatic heterocycles. The van der Waals surface area contributed by atoms with Gasteiger partial charge in [-0.1, -0.05) is 0 Å². The summed E-state index contributed by atoms with van der Waals surface area (Å²) in [7, 11) is 1.23. The molecule has 0 N–H and O–H groups in total. The highest BCUT2D eigenvalue weighted by Gasteiger charge is 2.22. The van der Waals surface area contributed by atoms with Gasteiger partial charge < -0.3 is 4.74 Å². The first kappa shape index (κ1) is 11.0. The maximum Gasteiger partial charge on any atom is 0.267 e. The van der Waals surface area contributed by atoms with E-state index in [0.717, 1.165) is 6.20 Å². The van der Waals surface area contributed by atoms with Crippen molar-refractivity contribution in [3.05, 3.63) is 23.0 Å². The summed E-state index contributed by atoms with van der Waals surface area (Å²) in [5.74, 6) is -0.0701. The molecule has 0 saturated heterocycles. The maximum absolute atomic E-state index is 12.6. The van der Waals surface area contributed by atoms with Crippen LogP contribution in [0.3, 0.4) is 0 Å². The van der Waals surface area contributed by atoms with E-state index >= 15 is 0 Å². The van der Waals surface area contributed by atoms with Gasteiger partial charge in [-0.05, 0) is 0 Å². The van der Waals surface area contributed by atoms with Crippen molar-refractivity contribution in [3.63, 3.8) is 0 Å². The third kappa shape index (κ3) is 1.91. The van der Waals surface area contributed by atoms with Gasteiger partial charge >= 0.3 is 0 Å². The summed E-state index contributed by atoms with van der Waals surface area (Å²) in [5, 5.41) is 8.55. The molecular formula is C9H6F2N2O2. The molecule has 0 aliphatic rings. The van der Waals surface area contributed by atoms with Gasteiger partial charge in [-0.2, -0.15) is 5.26 Å². The van der Waals surface area contributed by atoms with Gasteiger partial charge in [0.05, 0.1) is 24.4 Å². The zero-order valence-corrected chi connectivity index (χ0v) is 7.70. The first-order chi connectivity index (χ1) is 7.15. The third-order valence-electron chi connectivity index (χ3n) is 1.78. The average Bonchev–Trinajstić information content (AvgIpc) is 2.26. The van der Waals surface area contributed by atoms with Gasteiger partial charge in [0.1, 0.15) is 17.5 Å². The van der Waals surface area contributed by atoms with E-state index in [-0.39, 0.29) is 17.6 Å². The summed E-state index contributed by atoms with van der Waals surface area (Å²) in [6.07, 6.45) is -1.65. The summed E-state index contributed by atoms with van der Waals surface area (Å²) < 4.78 is 29.8. The minimum Gasteiger partial charge on any atom is -0.494 e. The molecule has 0 unspecified atom stereocenters. The molecular weight excluding hydrogens is 206 g/mol. The van der Waals surface area contributed by atoms with Crippen LogP contribution in [0.2, 0.25) is 0 Å². The van der Waals surface area contributed by atoms with E-state index < -0.39 is 17.7 Å². The lowest BCUT2D eigenvalue weighted by atomic mass is 10.1. The molecule has 0 aliphatic carbocycles. The van der Waals surface area contributed by atoms with Crippen LogP contribution in [0, 0.1) is 11.3 Å². The Morgan fingerprint density at radius 2 is 2.33 bits per heavy atom. The van der Waals surface area contributed by atoms with Crippen LogP contribution in [0.5, 0.6) is 5.75 Å². The molecule has 15 heavy (non-hydrogen) atoms. The number of hydrogen-bond acceptors (Lipinski definition) is 4. The van der Waals surface area contributed by atoms with E-state index in [1.807, 2.05) is 0 Å². The van der Waals surface area contributed by atoms with Gasteiger partial charge in [0.25, 0.3) is 6.43 Å². The molecule has 0 spiro atoms. The smallest absolute Gasteiger partial charge is 0.267 e. The number of methoxy groups -OCH3 is 1. The number of nitrogens with zero attached hydrogens (tertiary/aromatic N) is 2. The Kier molecular flexibility index (Phi) is 3.29. The van der Waals surface area contributed by atoms with Crippen molar-refractivity contribution >= 4 is 6.29 Å². The van der Waals surface area contributed by atoms with Crippen molar-refractivity contribution in [2.75, 3.05) is 7.11 Å². The fraction of sp³-hybridized carbons (Fsp3) is 0.222. The van der Waals surface area contributed by atoms with Gasteiger partial charge in [-0.25, -0.2) is 13.8 Å². The molecule has 0 aromatic carbocycles. The van der Waals surface area contributed by atoms with Crippen LogP contribution in [0.1, 0.15) is 28.0 Å². The normalized spacial score (nSPS) is 9.80. The monoisotopic (exact) mass is 212 g/mol. The lowest BCUT2D eigenvalue weighted by molar-refractivity contribution is 0.110. The Morgan fingerprint density at radius 1 is 1.67 bits per heavy atom. The number of carbonyl (C=O) groups is 1. The van der Waals surface area contributed by atoms with Gasteiger partial charge in [0, 0.05) is 0 Å². The Balaban J connectivity index is 3.53. The lowest BCUT2D eigenvalue weighted by Gasteiger charge is -2.09. The van der Waals surface area contributed by atoms with Crippen LogP contribution in [-0.2, 0) is 0 Å². The van der Waals surface area contributed by atoms with E-state index in [0.29, 0.717) is 0 Å². The largest absolute Gasteiger partial charge is 0.494 e. The molecule has 0 amide bonds. The Labute approximate surface area is 84.1 Å². The fourth-order valence-electron chi connectivity index (χ4n) is 1.12. The van der Waals surface area contributed by atoms with Crippen molar-refractivity contribution < 1.29 is 18.3 Å². The highest BCUT2D eigenvalue weighted by molar-refractivity contribution is 5.82. The number of carbonyl (C=O) groups excluding carboxylic acids is 1. The first-order valence-electron chi connectivity index (χ1n) is 3.86. The Bertz CT molecular complexity index is 427. The Hall–Kier alpha value is -2.03. The summed E-state index contributed by atoms with van der Waals surface area (Å²) >= 11 is 0. The number of rotatable bonds is 3. The minimum absolute atomic E-state index is 0.0701. The maximum atomic E-state index is 12.6. The molecule has 0 atom stereocenters. The molecule has 78 valence electrons. The van der Waals surface area contributed by atoms with Crippen molar-refractivity contribution in [1.82, 2.24) is 4.98 Å².